The number of rotatable bonds is 5. The van der Waals surface area contributed by atoms with E-state index in [1.165, 1.54) is 12.3 Å². The van der Waals surface area contributed by atoms with Gasteiger partial charge in [0.05, 0.1) is 13.1 Å². The lowest BCUT2D eigenvalue weighted by Crippen LogP contribution is -2.56. The molecule has 1 aromatic carbocycles. The minimum atomic E-state index is -0.600. The second-order valence-corrected chi connectivity index (χ2v) is 6.13. The Hall–Kier alpha value is -3.09. The zero-order valence-corrected chi connectivity index (χ0v) is 14.2. The van der Waals surface area contributed by atoms with Crippen LogP contribution in [0.2, 0.25) is 0 Å². The van der Waals surface area contributed by atoms with E-state index in [-0.39, 0.29) is 17.7 Å². The standard InChI is InChI=1S/C18H20N4O3/c1-21(2)13-5-3-12(4-6-13)18(24)22-10-15(11-22)25-14-7-8-20-16(9-14)17(19)23/h3-9,15H,10-11H2,1-2H3,(H2,19,23). The van der Waals surface area contributed by atoms with Crippen LogP contribution in [0.1, 0.15) is 20.8 Å². The Morgan fingerprint density at radius 2 is 1.88 bits per heavy atom. The van der Waals surface area contributed by atoms with Gasteiger partial charge in [0.2, 0.25) is 0 Å². The molecule has 25 heavy (non-hydrogen) atoms. The summed E-state index contributed by atoms with van der Waals surface area (Å²) in [5.41, 5.74) is 7.06. The van der Waals surface area contributed by atoms with Crippen molar-refractivity contribution in [1.82, 2.24) is 9.88 Å². The highest BCUT2D eigenvalue weighted by Crippen LogP contribution is 2.21. The van der Waals surface area contributed by atoms with Crippen molar-refractivity contribution in [3.63, 3.8) is 0 Å². The summed E-state index contributed by atoms with van der Waals surface area (Å²) in [4.78, 5) is 31.2. The largest absolute Gasteiger partial charge is 0.487 e. The van der Waals surface area contributed by atoms with Gasteiger partial charge in [0.15, 0.2) is 0 Å². The first-order valence-electron chi connectivity index (χ1n) is 7.93. The number of carbonyl (C=O) groups is 2. The SMILES string of the molecule is CN(C)c1ccc(C(=O)N2CC(Oc3ccnc(C(N)=O)c3)C2)cc1. The lowest BCUT2D eigenvalue weighted by Gasteiger charge is -2.39. The van der Waals surface area contributed by atoms with Crippen molar-refractivity contribution in [3.05, 3.63) is 53.9 Å². The van der Waals surface area contributed by atoms with Gasteiger partial charge < -0.3 is 20.3 Å². The van der Waals surface area contributed by atoms with E-state index in [4.69, 9.17) is 10.5 Å². The third kappa shape index (κ3) is 3.71. The average molecular weight is 340 g/mol. The van der Waals surface area contributed by atoms with Crippen LogP contribution in [0.15, 0.2) is 42.6 Å². The molecule has 0 atom stereocenters. The van der Waals surface area contributed by atoms with E-state index in [1.54, 1.807) is 11.0 Å². The minimum Gasteiger partial charge on any atom is -0.487 e. The molecule has 7 nitrogen and oxygen atoms in total. The van der Waals surface area contributed by atoms with Gasteiger partial charge in [-0.1, -0.05) is 0 Å². The van der Waals surface area contributed by atoms with Crippen LogP contribution in [0.25, 0.3) is 0 Å². The second kappa shape index (κ2) is 6.80. The lowest BCUT2D eigenvalue weighted by atomic mass is 10.1. The highest BCUT2D eigenvalue weighted by molar-refractivity contribution is 5.95. The summed E-state index contributed by atoms with van der Waals surface area (Å²) in [5, 5.41) is 0. The van der Waals surface area contributed by atoms with Crippen molar-refractivity contribution in [2.45, 2.75) is 6.10 Å². The van der Waals surface area contributed by atoms with Gasteiger partial charge in [-0.15, -0.1) is 0 Å². The Labute approximate surface area is 146 Å². The monoisotopic (exact) mass is 340 g/mol. The topological polar surface area (TPSA) is 88.8 Å². The Morgan fingerprint density at radius 3 is 2.48 bits per heavy atom. The molecule has 2 aromatic rings. The van der Waals surface area contributed by atoms with E-state index in [0.717, 1.165) is 5.69 Å². The number of nitrogens with zero attached hydrogens (tertiary/aromatic N) is 3. The molecule has 2 amide bonds. The molecule has 3 rings (SSSR count). The number of aromatic nitrogens is 1. The van der Waals surface area contributed by atoms with Crippen LogP contribution in [0.3, 0.4) is 0 Å². The second-order valence-electron chi connectivity index (χ2n) is 6.13. The first-order chi connectivity index (χ1) is 11.9. The molecule has 1 saturated heterocycles. The molecule has 1 aliphatic rings. The molecule has 1 fully saturated rings. The van der Waals surface area contributed by atoms with E-state index in [2.05, 4.69) is 4.98 Å². The molecular weight excluding hydrogens is 320 g/mol. The summed E-state index contributed by atoms with van der Waals surface area (Å²) in [6.45, 7) is 1.00. The van der Waals surface area contributed by atoms with Gasteiger partial charge in [0.25, 0.3) is 11.8 Å². The Morgan fingerprint density at radius 1 is 1.20 bits per heavy atom. The van der Waals surface area contributed by atoms with Crippen LogP contribution in [0, 0.1) is 0 Å². The average Bonchev–Trinajstić information content (AvgIpc) is 2.57. The number of likely N-dealkylation sites (tertiary alicyclic amines) is 1. The van der Waals surface area contributed by atoms with Crippen LogP contribution >= 0.6 is 0 Å². The molecule has 130 valence electrons. The van der Waals surface area contributed by atoms with Crippen molar-refractivity contribution >= 4 is 17.5 Å². The van der Waals surface area contributed by atoms with Gasteiger partial charge >= 0.3 is 0 Å². The van der Waals surface area contributed by atoms with Gasteiger partial charge in [0.1, 0.15) is 17.5 Å². The summed E-state index contributed by atoms with van der Waals surface area (Å²) < 4.78 is 5.76. The highest BCUT2D eigenvalue weighted by Gasteiger charge is 2.32. The maximum absolute atomic E-state index is 12.4. The Bertz CT molecular complexity index is 783. The number of hydrogen-bond donors (Lipinski definition) is 1. The molecule has 0 bridgehead atoms. The number of benzene rings is 1. The molecule has 1 aliphatic heterocycles. The van der Waals surface area contributed by atoms with E-state index >= 15 is 0 Å². The van der Waals surface area contributed by atoms with Crippen LogP contribution in [-0.2, 0) is 0 Å². The fourth-order valence-electron chi connectivity index (χ4n) is 2.57. The summed E-state index contributed by atoms with van der Waals surface area (Å²) in [6.07, 6.45) is 1.37. The number of carbonyl (C=O) groups excluding carboxylic acids is 2. The molecule has 0 spiro atoms. The molecule has 0 unspecified atom stereocenters. The molecule has 0 radical (unpaired) electrons. The summed E-state index contributed by atoms with van der Waals surface area (Å²) in [6, 6.07) is 10.7. The molecule has 0 saturated carbocycles. The van der Waals surface area contributed by atoms with Crippen molar-refractivity contribution in [1.29, 1.82) is 0 Å². The summed E-state index contributed by atoms with van der Waals surface area (Å²) in [5.74, 6) is -0.0917. The van der Waals surface area contributed by atoms with Gasteiger partial charge in [-0.2, -0.15) is 0 Å². The fourth-order valence-corrected chi connectivity index (χ4v) is 2.57. The number of amides is 2. The maximum atomic E-state index is 12.4. The van der Waals surface area contributed by atoms with E-state index < -0.39 is 5.91 Å². The van der Waals surface area contributed by atoms with Crippen LogP contribution in [0.5, 0.6) is 5.75 Å². The van der Waals surface area contributed by atoms with Crippen molar-refractivity contribution in [2.24, 2.45) is 5.73 Å². The molecule has 0 aliphatic carbocycles. The Kier molecular flexibility index (Phi) is 4.56. The number of pyridine rings is 1. The van der Waals surface area contributed by atoms with Crippen molar-refractivity contribution in [2.75, 3.05) is 32.1 Å². The van der Waals surface area contributed by atoms with Crippen LogP contribution in [-0.4, -0.2) is 55.0 Å². The zero-order valence-electron chi connectivity index (χ0n) is 14.2. The third-order valence-electron chi connectivity index (χ3n) is 4.05. The number of ether oxygens (including phenoxy) is 1. The first-order valence-corrected chi connectivity index (χ1v) is 7.93. The van der Waals surface area contributed by atoms with Crippen molar-refractivity contribution < 1.29 is 14.3 Å². The van der Waals surface area contributed by atoms with Crippen LogP contribution in [0.4, 0.5) is 5.69 Å². The van der Waals surface area contributed by atoms with Gasteiger partial charge in [-0.3, -0.25) is 14.6 Å². The van der Waals surface area contributed by atoms with Gasteiger partial charge in [-0.25, -0.2) is 0 Å². The normalized spacial score (nSPS) is 13.9. The molecule has 2 heterocycles. The number of nitrogens with two attached hydrogens (primary N) is 1. The van der Waals surface area contributed by atoms with Crippen LogP contribution < -0.4 is 15.4 Å². The van der Waals surface area contributed by atoms with E-state index in [0.29, 0.717) is 24.4 Å². The molecule has 2 N–H and O–H groups in total. The number of primary amides is 1. The van der Waals surface area contributed by atoms with Crippen molar-refractivity contribution in [3.8, 4) is 5.75 Å². The van der Waals surface area contributed by atoms with E-state index in [9.17, 15) is 9.59 Å². The highest BCUT2D eigenvalue weighted by atomic mass is 16.5. The maximum Gasteiger partial charge on any atom is 0.267 e. The third-order valence-corrected chi connectivity index (χ3v) is 4.05. The Balaban J connectivity index is 1.56. The molecular formula is C18H20N4O3. The zero-order chi connectivity index (χ0) is 18.0. The van der Waals surface area contributed by atoms with E-state index in [1.807, 2.05) is 43.3 Å². The lowest BCUT2D eigenvalue weighted by molar-refractivity contribution is 0.0177. The smallest absolute Gasteiger partial charge is 0.267 e. The quantitative estimate of drug-likeness (QED) is 0.882. The van der Waals surface area contributed by atoms with Gasteiger partial charge in [0, 0.05) is 37.6 Å². The predicted molar refractivity (Wildman–Crippen MR) is 93.8 cm³/mol. The minimum absolute atomic E-state index is 0.0160. The summed E-state index contributed by atoms with van der Waals surface area (Å²) >= 11 is 0. The number of hydrogen-bond acceptors (Lipinski definition) is 5. The molecule has 1 aromatic heterocycles. The fraction of sp³-hybridized carbons (Fsp3) is 0.278. The number of anilines is 1. The molecule has 7 heteroatoms. The first kappa shape index (κ1) is 16.8. The summed E-state index contributed by atoms with van der Waals surface area (Å²) in [7, 11) is 3.91. The predicted octanol–water partition coefficient (Wildman–Crippen LogP) is 1.15. The van der Waals surface area contributed by atoms with Gasteiger partial charge in [-0.05, 0) is 30.3 Å².